The van der Waals surface area contributed by atoms with Gasteiger partial charge >= 0.3 is 0 Å². The minimum absolute atomic E-state index is 0.733. The third kappa shape index (κ3) is 3.04. The van der Waals surface area contributed by atoms with Gasteiger partial charge in [0.1, 0.15) is 5.03 Å². The number of aryl methyl sites for hydroxylation is 2. The predicted molar refractivity (Wildman–Crippen MR) is 91.7 cm³/mol. The van der Waals surface area contributed by atoms with Gasteiger partial charge in [0.15, 0.2) is 0 Å². The second-order valence-corrected chi connectivity index (χ2v) is 6.91. The first kappa shape index (κ1) is 14.4. The quantitative estimate of drug-likeness (QED) is 0.671. The molecule has 106 valence electrons. The van der Waals surface area contributed by atoms with E-state index in [9.17, 15) is 0 Å². The number of halogens is 1. The number of fused-ring (bicyclic) bond motifs is 1. The summed E-state index contributed by atoms with van der Waals surface area (Å²) >= 11 is 5.06. The van der Waals surface area contributed by atoms with Crippen LogP contribution in [0.15, 0.2) is 50.9 Å². The predicted octanol–water partition coefficient (Wildman–Crippen LogP) is 4.74. The smallest absolute Gasteiger partial charge is 0.101 e. The minimum atomic E-state index is 0.733. The fourth-order valence-electron chi connectivity index (χ4n) is 2.24. The summed E-state index contributed by atoms with van der Waals surface area (Å²) in [6.45, 7) is 4.09. The normalized spacial score (nSPS) is 11.0. The number of rotatable bonds is 2. The van der Waals surface area contributed by atoms with E-state index >= 15 is 0 Å². The number of nitrogen functional groups attached to an aromatic ring is 1. The Kier molecular flexibility index (Phi) is 3.87. The Labute approximate surface area is 136 Å². The summed E-state index contributed by atoms with van der Waals surface area (Å²) in [5.41, 5.74) is 9.92. The van der Waals surface area contributed by atoms with Gasteiger partial charge in [0, 0.05) is 32.3 Å². The fraction of sp³-hybridized carbons (Fsp3) is 0.125. The lowest BCUT2D eigenvalue weighted by Crippen LogP contribution is -1.92. The van der Waals surface area contributed by atoms with Gasteiger partial charge in [0.2, 0.25) is 0 Å². The monoisotopic (exact) mass is 359 g/mol. The van der Waals surface area contributed by atoms with Crippen molar-refractivity contribution >= 4 is 44.3 Å². The summed E-state index contributed by atoms with van der Waals surface area (Å²) in [5.74, 6) is 0. The van der Waals surface area contributed by atoms with Crippen molar-refractivity contribution in [2.75, 3.05) is 5.73 Å². The van der Waals surface area contributed by atoms with E-state index in [2.05, 4.69) is 45.0 Å². The van der Waals surface area contributed by atoms with Crippen LogP contribution in [0.5, 0.6) is 0 Å². The first-order valence-electron chi connectivity index (χ1n) is 6.50. The molecule has 21 heavy (non-hydrogen) atoms. The molecule has 2 N–H and O–H groups in total. The van der Waals surface area contributed by atoms with Crippen molar-refractivity contribution in [3.05, 3.63) is 52.3 Å². The molecule has 2 aromatic heterocycles. The van der Waals surface area contributed by atoms with E-state index in [0.717, 1.165) is 36.7 Å². The first-order valence-corrected chi connectivity index (χ1v) is 8.11. The van der Waals surface area contributed by atoms with Crippen molar-refractivity contribution in [1.29, 1.82) is 0 Å². The zero-order valence-corrected chi connectivity index (χ0v) is 14.1. The van der Waals surface area contributed by atoms with Crippen LogP contribution in [0.3, 0.4) is 0 Å². The molecule has 3 rings (SSSR count). The van der Waals surface area contributed by atoms with Crippen molar-refractivity contribution in [3.63, 3.8) is 0 Å². The molecule has 0 aliphatic carbocycles. The molecular weight excluding hydrogens is 346 g/mol. The molecule has 5 heteroatoms. The van der Waals surface area contributed by atoms with Gasteiger partial charge in [0.05, 0.1) is 5.52 Å². The van der Waals surface area contributed by atoms with Gasteiger partial charge in [0.25, 0.3) is 0 Å². The lowest BCUT2D eigenvalue weighted by atomic mass is 10.2. The molecule has 3 aromatic rings. The molecule has 0 aliphatic heterocycles. The first-order chi connectivity index (χ1) is 10.0. The Hall–Kier alpha value is -1.59. The van der Waals surface area contributed by atoms with E-state index in [1.807, 2.05) is 25.1 Å². The van der Waals surface area contributed by atoms with Gasteiger partial charge in [-0.15, -0.1) is 0 Å². The number of hydrogen-bond donors (Lipinski definition) is 1. The van der Waals surface area contributed by atoms with Crippen LogP contribution in [0, 0.1) is 13.8 Å². The van der Waals surface area contributed by atoms with Crippen LogP contribution in [0.2, 0.25) is 0 Å². The van der Waals surface area contributed by atoms with E-state index in [0.29, 0.717) is 0 Å². The molecule has 0 saturated carbocycles. The Morgan fingerprint density at radius 2 is 1.95 bits per heavy atom. The Balaban J connectivity index is 2.10. The third-order valence-electron chi connectivity index (χ3n) is 3.10. The van der Waals surface area contributed by atoms with E-state index in [1.54, 1.807) is 18.0 Å². The topological polar surface area (TPSA) is 51.8 Å². The highest BCUT2D eigenvalue weighted by atomic mass is 79.9. The molecule has 0 aliphatic rings. The molecule has 0 fully saturated rings. The van der Waals surface area contributed by atoms with E-state index < -0.39 is 0 Å². The zero-order valence-electron chi connectivity index (χ0n) is 11.7. The maximum absolute atomic E-state index is 6.05. The van der Waals surface area contributed by atoms with Gasteiger partial charge < -0.3 is 5.73 Å². The van der Waals surface area contributed by atoms with Gasteiger partial charge in [-0.3, -0.25) is 4.98 Å². The molecule has 0 bridgehead atoms. The summed E-state index contributed by atoms with van der Waals surface area (Å²) in [6, 6.07) is 10.1. The number of anilines is 1. The summed E-state index contributed by atoms with van der Waals surface area (Å²) < 4.78 is 0.924. The fourth-order valence-corrected chi connectivity index (χ4v) is 3.63. The molecule has 0 spiro atoms. The Morgan fingerprint density at radius 3 is 2.71 bits per heavy atom. The van der Waals surface area contributed by atoms with E-state index in [1.165, 1.54) is 5.56 Å². The molecule has 0 saturated heterocycles. The van der Waals surface area contributed by atoms with Gasteiger partial charge in [-0.05, 0) is 65.7 Å². The summed E-state index contributed by atoms with van der Waals surface area (Å²) in [5, 5.41) is 1.93. The Morgan fingerprint density at radius 1 is 1.14 bits per heavy atom. The maximum atomic E-state index is 6.05. The van der Waals surface area contributed by atoms with Crippen molar-refractivity contribution in [1.82, 2.24) is 9.97 Å². The Bertz CT molecular complexity index is 813. The van der Waals surface area contributed by atoms with Crippen LogP contribution in [-0.2, 0) is 0 Å². The number of hydrogen-bond acceptors (Lipinski definition) is 4. The number of benzene rings is 1. The van der Waals surface area contributed by atoms with Crippen molar-refractivity contribution in [2.24, 2.45) is 0 Å². The van der Waals surface area contributed by atoms with Gasteiger partial charge in [-0.25, -0.2) is 4.98 Å². The van der Waals surface area contributed by atoms with Crippen molar-refractivity contribution in [3.8, 4) is 0 Å². The minimum Gasteiger partial charge on any atom is -0.398 e. The van der Waals surface area contributed by atoms with Crippen molar-refractivity contribution < 1.29 is 0 Å². The zero-order chi connectivity index (χ0) is 15.0. The number of nitrogens with zero attached hydrogens (tertiary/aromatic N) is 2. The molecule has 3 nitrogen and oxygen atoms in total. The second-order valence-electron chi connectivity index (χ2n) is 4.93. The molecule has 2 heterocycles. The highest BCUT2D eigenvalue weighted by Crippen LogP contribution is 2.35. The lowest BCUT2D eigenvalue weighted by molar-refractivity contribution is 1.05. The van der Waals surface area contributed by atoms with Gasteiger partial charge in [-0.1, -0.05) is 11.8 Å². The van der Waals surface area contributed by atoms with Crippen LogP contribution < -0.4 is 5.73 Å². The molecule has 0 radical (unpaired) electrons. The van der Waals surface area contributed by atoms with E-state index in [4.69, 9.17) is 5.73 Å². The average molecular weight is 360 g/mol. The third-order valence-corrected chi connectivity index (χ3v) is 4.50. The van der Waals surface area contributed by atoms with Crippen LogP contribution in [0.1, 0.15) is 11.3 Å². The van der Waals surface area contributed by atoms with Crippen LogP contribution in [0.25, 0.3) is 10.9 Å². The lowest BCUT2D eigenvalue weighted by Gasteiger charge is -2.09. The number of nitrogens with two attached hydrogens (primary N) is 1. The van der Waals surface area contributed by atoms with Crippen LogP contribution >= 0.6 is 27.7 Å². The highest BCUT2D eigenvalue weighted by molar-refractivity contribution is 9.10. The molecule has 0 atom stereocenters. The molecule has 0 unspecified atom stereocenters. The van der Waals surface area contributed by atoms with Crippen LogP contribution in [-0.4, -0.2) is 9.97 Å². The molecular formula is C16H14BrN3S. The van der Waals surface area contributed by atoms with E-state index in [-0.39, 0.29) is 0 Å². The van der Waals surface area contributed by atoms with Crippen molar-refractivity contribution in [2.45, 2.75) is 23.8 Å². The second kappa shape index (κ2) is 5.66. The largest absolute Gasteiger partial charge is 0.398 e. The standard InChI is InChI=1S/C16H14BrN3S/c1-9-5-10(2)20-15(6-9)21-14-4-3-13(18)12-7-11(17)8-19-16(12)14/h3-8H,18H2,1-2H3. The molecule has 0 amide bonds. The number of pyridine rings is 2. The van der Waals surface area contributed by atoms with Gasteiger partial charge in [-0.2, -0.15) is 0 Å². The maximum Gasteiger partial charge on any atom is 0.101 e. The molecule has 1 aromatic carbocycles. The summed E-state index contributed by atoms with van der Waals surface area (Å²) in [4.78, 5) is 10.1. The number of aromatic nitrogens is 2. The highest BCUT2D eigenvalue weighted by Gasteiger charge is 2.09. The summed E-state index contributed by atoms with van der Waals surface area (Å²) in [7, 11) is 0. The average Bonchev–Trinajstić information content (AvgIpc) is 2.41. The SMILES string of the molecule is Cc1cc(C)nc(Sc2ccc(N)c3cc(Br)cnc23)c1. The van der Waals surface area contributed by atoms with Crippen LogP contribution in [0.4, 0.5) is 5.69 Å². The summed E-state index contributed by atoms with van der Waals surface area (Å²) in [6.07, 6.45) is 1.79.